The van der Waals surface area contributed by atoms with Gasteiger partial charge < -0.3 is 9.84 Å². The first-order valence-electron chi connectivity index (χ1n) is 5.84. The Labute approximate surface area is 110 Å². The minimum atomic E-state index is -0.901. The van der Waals surface area contributed by atoms with E-state index in [4.69, 9.17) is 9.84 Å². The van der Waals surface area contributed by atoms with Gasteiger partial charge in [0.2, 0.25) is 5.88 Å². The van der Waals surface area contributed by atoms with E-state index >= 15 is 0 Å². The van der Waals surface area contributed by atoms with Crippen molar-refractivity contribution < 1.29 is 14.6 Å². The van der Waals surface area contributed by atoms with Crippen molar-refractivity contribution in [3.63, 3.8) is 0 Å². The molecule has 0 aliphatic carbocycles. The Balaban J connectivity index is 2.27. The number of aliphatic carboxylic acids is 1. The first-order chi connectivity index (χ1) is 9.06. The molecule has 0 aliphatic rings. The molecule has 0 radical (unpaired) electrons. The summed E-state index contributed by atoms with van der Waals surface area (Å²) in [7, 11) is 0. The Morgan fingerprint density at radius 1 is 1.26 bits per heavy atom. The van der Waals surface area contributed by atoms with Crippen LogP contribution in [0.25, 0.3) is 0 Å². The number of ether oxygens (including phenoxy) is 1. The van der Waals surface area contributed by atoms with E-state index in [1.165, 1.54) is 6.20 Å². The average molecular weight is 258 g/mol. The second kappa shape index (κ2) is 5.48. The highest BCUT2D eigenvalue weighted by molar-refractivity contribution is 5.71. The third-order valence-corrected chi connectivity index (χ3v) is 2.70. The number of aromatic nitrogens is 2. The number of aryl methyl sites for hydroxylation is 2. The molecule has 2 rings (SSSR count). The summed E-state index contributed by atoms with van der Waals surface area (Å²) in [6.07, 6.45) is 1.44. The van der Waals surface area contributed by atoms with Gasteiger partial charge in [-0.2, -0.15) is 0 Å². The number of benzene rings is 1. The van der Waals surface area contributed by atoms with Crippen molar-refractivity contribution in [2.24, 2.45) is 0 Å². The van der Waals surface area contributed by atoms with Crippen LogP contribution in [-0.4, -0.2) is 21.0 Å². The second-order valence-electron chi connectivity index (χ2n) is 4.16. The highest BCUT2D eigenvalue weighted by Crippen LogP contribution is 2.24. The predicted molar refractivity (Wildman–Crippen MR) is 69.4 cm³/mol. The molecule has 2 aromatic rings. The van der Waals surface area contributed by atoms with Crippen LogP contribution in [-0.2, 0) is 11.2 Å². The van der Waals surface area contributed by atoms with Crippen LogP contribution >= 0.6 is 0 Å². The Hall–Kier alpha value is -2.43. The lowest BCUT2D eigenvalue weighted by Gasteiger charge is -2.09. The van der Waals surface area contributed by atoms with Crippen molar-refractivity contribution in [2.75, 3.05) is 0 Å². The summed E-state index contributed by atoms with van der Waals surface area (Å²) in [5.74, 6) is -0.0504. The molecule has 1 aromatic heterocycles. The fourth-order valence-corrected chi connectivity index (χ4v) is 1.59. The molecule has 0 saturated heterocycles. The average Bonchev–Trinajstić information content (AvgIpc) is 2.36. The van der Waals surface area contributed by atoms with Gasteiger partial charge in [0.25, 0.3) is 0 Å². The third kappa shape index (κ3) is 3.28. The fourth-order valence-electron chi connectivity index (χ4n) is 1.59. The zero-order valence-electron chi connectivity index (χ0n) is 10.8. The Morgan fingerprint density at radius 2 is 2.00 bits per heavy atom. The van der Waals surface area contributed by atoms with Crippen LogP contribution in [0.15, 0.2) is 30.5 Å². The van der Waals surface area contributed by atoms with Crippen LogP contribution in [0.5, 0.6) is 11.6 Å². The van der Waals surface area contributed by atoms with Crippen LogP contribution < -0.4 is 4.74 Å². The van der Waals surface area contributed by atoms with Gasteiger partial charge >= 0.3 is 5.97 Å². The van der Waals surface area contributed by atoms with Gasteiger partial charge in [-0.3, -0.25) is 9.78 Å². The van der Waals surface area contributed by atoms with E-state index in [2.05, 4.69) is 9.97 Å². The molecule has 0 spiro atoms. The van der Waals surface area contributed by atoms with Gasteiger partial charge in [-0.05, 0) is 19.9 Å². The maximum Gasteiger partial charge on any atom is 0.307 e. The van der Waals surface area contributed by atoms with Crippen molar-refractivity contribution >= 4 is 5.97 Å². The van der Waals surface area contributed by atoms with E-state index in [-0.39, 0.29) is 6.42 Å². The number of hydrogen-bond donors (Lipinski definition) is 1. The molecular weight excluding hydrogens is 244 g/mol. The van der Waals surface area contributed by atoms with Crippen molar-refractivity contribution in [2.45, 2.75) is 20.3 Å². The highest BCUT2D eigenvalue weighted by Gasteiger charge is 2.09. The van der Waals surface area contributed by atoms with Gasteiger partial charge in [0, 0.05) is 5.56 Å². The van der Waals surface area contributed by atoms with Crippen LogP contribution in [0.4, 0.5) is 0 Å². The van der Waals surface area contributed by atoms with Crippen molar-refractivity contribution in [3.8, 4) is 11.6 Å². The molecule has 1 N–H and O–H groups in total. The first kappa shape index (κ1) is 13.0. The largest absolute Gasteiger partial charge is 0.481 e. The lowest BCUT2D eigenvalue weighted by atomic mass is 10.1. The number of rotatable bonds is 4. The van der Waals surface area contributed by atoms with E-state index in [9.17, 15) is 4.79 Å². The first-order valence-corrected chi connectivity index (χ1v) is 5.84. The van der Waals surface area contributed by atoms with Crippen molar-refractivity contribution in [1.82, 2.24) is 9.97 Å². The number of carboxylic acid groups (broad SMARTS) is 1. The Morgan fingerprint density at radius 3 is 2.68 bits per heavy atom. The van der Waals surface area contributed by atoms with Gasteiger partial charge in [0.05, 0.1) is 24.0 Å². The van der Waals surface area contributed by atoms with Crippen molar-refractivity contribution in [3.05, 3.63) is 47.4 Å². The zero-order valence-corrected chi connectivity index (χ0v) is 10.8. The topological polar surface area (TPSA) is 72.3 Å². The maximum absolute atomic E-state index is 10.8. The lowest BCUT2D eigenvalue weighted by Crippen LogP contribution is -2.02. The van der Waals surface area contributed by atoms with Gasteiger partial charge in [-0.1, -0.05) is 18.2 Å². The number of hydrogen-bond acceptors (Lipinski definition) is 4. The molecule has 0 amide bonds. The van der Waals surface area contributed by atoms with Gasteiger partial charge in [0.15, 0.2) is 0 Å². The van der Waals surface area contributed by atoms with Gasteiger partial charge in [-0.15, -0.1) is 0 Å². The Bertz CT molecular complexity index is 611. The quantitative estimate of drug-likeness (QED) is 0.912. The number of carboxylic acids is 1. The highest BCUT2D eigenvalue weighted by atomic mass is 16.5. The minimum absolute atomic E-state index is 0.0888. The molecule has 0 saturated carbocycles. The molecular formula is C14H14N2O3. The van der Waals surface area contributed by atoms with Crippen molar-refractivity contribution in [1.29, 1.82) is 0 Å². The number of carbonyl (C=O) groups is 1. The van der Waals surface area contributed by atoms with Crippen LogP contribution in [0, 0.1) is 13.8 Å². The fraction of sp³-hybridized carbons (Fsp3) is 0.214. The van der Waals surface area contributed by atoms with E-state index in [0.717, 1.165) is 11.4 Å². The van der Waals surface area contributed by atoms with Crippen LogP contribution in [0.1, 0.15) is 17.0 Å². The molecule has 0 bridgehead atoms. The molecule has 1 aromatic carbocycles. The zero-order chi connectivity index (χ0) is 13.8. The van der Waals surface area contributed by atoms with E-state index in [0.29, 0.717) is 17.2 Å². The molecule has 5 nitrogen and oxygen atoms in total. The maximum atomic E-state index is 10.8. The molecule has 1 heterocycles. The van der Waals surface area contributed by atoms with Gasteiger partial charge in [0.1, 0.15) is 5.75 Å². The molecule has 0 aliphatic heterocycles. The molecule has 0 unspecified atom stereocenters. The van der Waals surface area contributed by atoms with E-state index in [1.807, 2.05) is 13.8 Å². The summed E-state index contributed by atoms with van der Waals surface area (Å²) in [6.45, 7) is 3.71. The summed E-state index contributed by atoms with van der Waals surface area (Å²) >= 11 is 0. The normalized spacial score (nSPS) is 10.2. The molecule has 0 fully saturated rings. The third-order valence-electron chi connectivity index (χ3n) is 2.70. The standard InChI is InChI=1S/C14H14N2O3/c1-9-10(2)16-13(8-15-9)19-12-6-4-3-5-11(12)7-14(17)18/h3-6,8H,7H2,1-2H3,(H,17,18). The van der Waals surface area contributed by atoms with E-state index in [1.54, 1.807) is 24.3 Å². The molecule has 19 heavy (non-hydrogen) atoms. The minimum Gasteiger partial charge on any atom is -0.481 e. The van der Waals surface area contributed by atoms with Gasteiger partial charge in [-0.25, -0.2) is 4.98 Å². The molecule has 5 heteroatoms. The summed E-state index contributed by atoms with van der Waals surface area (Å²) < 4.78 is 5.61. The summed E-state index contributed by atoms with van der Waals surface area (Å²) in [6, 6.07) is 7.00. The Kier molecular flexibility index (Phi) is 3.75. The lowest BCUT2D eigenvalue weighted by molar-refractivity contribution is -0.136. The van der Waals surface area contributed by atoms with E-state index < -0.39 is 5.97 Å². The second-order valence-corrected chi connectivity index (χ2v) is 4.16. The SMILES string of the molecule is Cc1ncc(Oc2ccccc2CC(=O)O)nc1C. The monoisotopic (exact) mass is 258 g/mol. The molecule has 98 valence electrons. The number of nitrogens with zero attached hydrogens (tertiary/aromatic N) is 2. The van der Waals surface area contributed by atoms with Crippen LogP contribution in [0.2, 0.25) is 0 Å². The summed E-state index contributed by atoms with van der Waals surface area (Å²) in [4.78, 5) is 19.2. The summed E-state index contributed by atoms with van der Waals surface area (Å²) in [5.41, 5.74) is 2.23. The van der Waals surface area contributed by atoms with Crippen LogP contribution in [0.3, 0.4) is 0 Å². The smallest absolute Gasteiger partial charge is 0.307 e. The predicted octanol–water partition coefficient (Wildman–Crippen LogP) is 2.51. The molecule has 0 atom stereocenters. The summed E-state index contributed by atoms with van der Waals surface area (Å²) in [5, 5.41) is 8.85. The number of para-hydroxylation sites is 1.